The van der Waals surface area contributed by atoms with Crippen LogP contribution in [0, 0.1) is 11.6 Å². The van der Waals surface area contributed by atoms with E-state index in [9.17, 15) is 18.7 Å². The van der Waals surface area contributed by atoms with Gasteiger partial charge in [-0.2, -0.15) is 0 Å². The molecule has 3 aromatic rings. The van der Waals surface area contributed by atoms with Gasteiger partial charge in [0, 0.05) is 22.5 Å². The molecule has 0 bridgehead atoms. The molecule has 0 radical (unpaired) electrons. The van der Waals surface area contributed by atoms with Crippen LogP contribution < -0.4 is 0 Å². The topological polar surface area (TPSA) is 53.1 Å². The Morgan fingerprint density at radius 1 is 1.22 bits per heavy atom. The molecule has 0 amide bonds. The van der Waals surface area contributed by atoms with Crippen molar-refractivity contribution >= 4 is 16.9 Å². The lowest BCUT2D eigenvalue weighted by atomic mass is 10.0. The van der Waals surface area contributed by atoms with E-state index >= 15 is 0 Å². The number of aryl methyl sites for hydroxylation is 1. The van der Waals surface area contributed by atoms with Crippen molar-refractivity contribution in [1.82, 2.24) is 4.98 Å². The SMILES string of the molecule is CCc1cccc2c(CC(=O)O)c(-c3ccc(F)cc3F)[nH]c12. The van der Waals surface area contributed by atoms with Crippen molar-refractivity contribution in [3.05, 3.63) is 59.2 Å². The predicted molar refractivity (Wildman–Crippen MR) is 84.4 cm³/mol. The molecule has 0 unspecified atom stereocenters. The standard InChI is InChI=1S/C18H15F2NO2/c1-2-10-4-3-5-12-14(9-16(22)23)18(21-17(10)12)13-7-6-11(19)8-15(13)20/h3-8,21H,2,9H2,1H3,(H,22,23). The molecule has 0 aliphatic heterocycles. The number of aliphatic carboxylic acids is 1. The fourth-order valence-corrected chi connectivity index (χ4v) is 2.89. The highest BCUT2D eigenvalue weighted by Crippen LogP contribution is 2.34. The fourth-order valence-electron chi connectivity index (χ4n) is 2.89. The molecule has 1 aromatic heterocycles. The van der Waals surface area contributed by atoms with E-state index in [-0.39, 0.29) is 12.0 Å². The Balaban J connectivity index is 2.32. The van der Waals surface area contributed by atoms with Crippen LogP contribution in [0.15, 0.2) is 36.4 Å². The zero-order valence-electron chi connectivity index (χ0n) is 12.5. The second-order valence-corrected chi connectivity index (χ2v) is 5.37. The van der Waals surface area contributed by atoms with Crippen LogP contribution in [0.4, 0.5) is 8.78 Å². The van der Waals surface area contributed by atoms with Crippen molar-refractivity contribution in [2.75, 3.05) is 0 Å². The third kappa shape index (κ3) is 2.70. The van der Waals surface area contributed by atoms with Gasteiger partial charge in [-0.05, 0) is 29.7 Å². The van der Waals surface area contributed by atoms with E-state index in [1.807, 2.05) is 25.1 Å². The maximum Gasteiger partial charge on any atom is 0.307 e. The van der Waals surface area contributed by atoms with Gasteiger partial charge in [-0.15, -0.1) is 0 Å². The average Bonchev–Trinajstić information content (AvgIpc) is 2.85. The van der Waals surface area contributed by atoms with Crippen molar-refractivity contribution in [2.24, 2.45) is 0 Å². The molecule has 23 heavy (non-hydrogen) atoms. The zero-order chi connectivity index (χ0) is 16.6. The van der Waals surface area contributed by atoms with Crippen molar-refractivity contribution < 1.29 is 18.7 Å². The first-order chi connectivity index (χ1) is 11.0. The van der Waals surface area contributed by atoms with Crippen LogP contribution in [0.3, 0.4) is 0 Å². The van der Waals surface area contributed by atoms with Gasteiger partial charge in [0.1, 0.15) is 11.6 Å². The van der Waals surface area contributed by atoms with Crippen LogP contribution in [-0.2, 0) is 17.6 Å². The molecule has 2 aromatic carbocycles. The Hall–Kier alpha value is -2.69. The van der Waals surface area contributed by atoms with Crippen molar-refractivity contribution in [2.45, 2.75) is 19.8 Å². The lowest BCUT2D eigenvalue weighted by Gasteiger charge is -2.04. The number of hydrogen-bond donors (Lipinski definition) is 2. The van der Waals surface area contributed by atoms with Gasteiger partial charge in [-0.1, -0.05) is 25.1 Å². The summed E-state index contributed by atoms with van der Waals surface area (Å²) < 4.78 is 27.3. The van der Waals surface area contributed by atoms with Gasteiger partial charge >= 0.3 is 5.97 Å². The summed E-state index contributed by atoms with van der Waals surface area (Å²) in [7, 11) is 0. The highest BCUT2D eigenvalue weighted by atomic mass is 19.1. The molecule has 0 fully saturated rings. The summed E-state index contributed by atoms with van der Waals surface area (Å²) in [4.78, 5) is 14.4. The van der Waals surface area contributed by atoms with E-state index in [0.717, 1.165) is 35.0 Å². The number of carbonyl (C=O) groups is 1. The van der Waals surface area contributed by atoms with Crippen LogP contribution >= 0.6 is 0 Å². The number of hydrogen-bond acceptors (Lipinski definition) is 1. The Morgan fingerprint density at radius 3 is 2.65 bits per heavy atom. The first kappa shape index (κ1) is 15.2. The lowest BCUT2D eigenvalue weighted by Crippen LogP contribution is -2.01. The largest absolute Gasteiger partial charge is 0.481 e. The van der Waals surface area contributed by atoms with E-state index < -0.39 is 17.6 Å². The predicted octanol–water partition coefficient (Wildman–Crippen LogP) is 4.30. The van der Waals surface area contributed by atoms with Crippen LogP contribution in [0.25, 0.3) is 22.2 Å². The molecule has 5 heteroatoms. The molecule has 0 saturated carbocycles. The monoisotopic (exact) mass is 315 g/mol. The molecule has 118 valence electrons. The molecule has 0 spiro atoms. The maximum absolute atomic E-state index is 14.2. The normalized spacial score (nSPS) is 11.1. The van der Waals surface area contributed by atoms with Crippen LogP contribution in [-0.4, -0.2) is 16.1 Å². The average molecular weight is 315 g/mol. The number of carboxylic acid groups (broad SMARTS) is 1. The molecular weight excluding hydrogens is 300 g/mol. The molecule has 0 aliphatic rings. The number of H-pyrrole nitrogens is 1. The van der Waals surface area contributed by atoms with Crippen LogP contribution in [0.5, 0.6) is 0 Å². The van der Waals surface area contributed by atoms with E-state index in [0.29, 0.717) is 11.3 Å². The minimum Gasteiger partial charge on any atom is -0.481 e. The quantitative estimate of drug-likeness (QED) is 0.754. The van der Waals surface area contributed by atoms with Crippen LogP contribution in [0.2, 0.25) is 0 Å². The van der Waals surface area contributed by atoms with Gasteiger partial charge in [0.05, 0.1) is 12.1 Å². The maximum atomic E-state index is 14.2. The lowest BCUT2D eigenvalue weighted by molar-refractivity contribution is -0.136. The minimum atomic E-state index is -1.00. The van der Waals surface area contributed by atoms with Gasteiger partial charge in [0.15, 0.2) is 0 Å². The second-order valence-electron chi connectivity index (χ2n) is 5.37. The Morgan fingerprint density at radius 2 is 2.00 bits per heavy atom. The summed E-state index contributed by atoms with van der Waals surface area (Å²) in [5, 5.41) is 9.94. The third-order valence-electron chi connectivity index (χ3n) is 3.94. The Labute approximate surface area is 131 Å². The summed E-state index contributed by atoms with van der Waals surface area (Å²) in [6, 6.07) is 8.89. The number of aromatic amines is 1. The minimum absolute atomic E-state index is 0.168. The van der Waals surface area contributed by atoms with Gasteiger partial charge < -0.3 is 10.1 Å². The van der Waals surface area contributed by atoms with Gasteiger partial charge in [0.2, 0.25) is 0 Å². The number of carboxylic acids is 1. The smallest absolute Gasteiger partial charge is 0.307 e. The number of aromatic nitrogens is 1. The third-order valence-corrected chi connectivity index (χ3v) is 3.94. The number of benzene rings is 2. The zero-order valence-corrected chi connectivity index (χ0v) is 12.5. The summed E-state index contributed by atoms with van der Waals surface area (Å²) >= 11 is 0. The molecule has 3 nitrogen and oxygen atoms in total. The summed E-state index contributed by atoms with van der Waals surface area (Å²) in [6.45, 7) is 1.99. The first-order valence-electron chi connectivity index (χ1n) is 7.31. The van der Waals surface area contributed by atoms with Gasteiger partial charge in [-0.3, -0.25) is 4.79 Å². The van der Waals surface area contributed by atoms with Crippen LogP contribution in [0.1, 0.15) is 18.1 Å². The molecule has 0 atom stereocenters. The second kappa shape index (κ2) is 5.83. The number of fused-ring (bicyclic) bond motifs is 1. The van der Waals surface area contributed by atoms with E-state index in [1.54, 1.807) is 0 Å². The molecule has 0 saturated heterocycles. The molecule has 3 rings (SSSR count). The summed E-state index contributed by atoms with van der Waals surface area (Å²) in [6.07, 6.45) is 0.523. The number of para-hydroxylation sites is 1. The Kier molecular flexibility index (Phi) is 3.86. The molecule has 0 aliphatic carbocycles. The highest BCUT2D eigenvalue weighted by molar-refractivity contribution is 5.95. The molecule has 2 N–H and O–H groups in total. The van der Waals surface area contributed by atoms with Crippen molar-refractivity contribution in [1.29, 1.82) is 0 Å². The van der Waals surface area contributed by atoms with E-state index in [2.05, 4.69) is 4.98 Å². The summed E-state index contributed by atoms with van der Waals surface area (Å²) in [5.74, 6) is -2.39. The Bertz CT molecular complexity index is 899. The van der Waals surface area contributed by atoms with Crippen molar-refractivity contribution in [3.63, 3.8) is 0 Å². The molecule has 1 heterocycles. The highest BCUT2D eigenvalue weighted by Gasteiger charge is 2.19. The number of halogens is 2. The van der Waals surface area contributed by atoms with E-state index in [1.165, 1.54) is 6.07 Å². The fraction of sp³-hybridized carbons (Fsp3) is 0.167. The molecular formula is C18H15F2NO2. The van der Waals surface area contributed by atoms with Gasteiger partial charge in [0.25, 0.3) is 0 Å². The van der Waals surface area contributed by atoms with Gasteiger partial charge in [-0.25, -0.2) is 8.78 Å². The number of rotatable bonds is 4. The van der Waals surface area contributed by atoms with Crippen molar-refractivity contribution in [3.8, 4) is 11.3 Å². The number of nitrogens with one attached hydrogen (secondary N) is 1. The summed E-state index contributed by atoms with van der Waals surface area (Å²) in [5.41, 5.74) is 2.88. The van der Waals surface area contributed by atoms with E-state index in [4.69, 9.17) is 0 Å². The first-order valence-corrected chi connectivity index (χ1v) is 7.31.